The van der Waals surface area contributed by atoms with Gasteiger partial charge in [0.15, 0.2) is 5.78 Å². The molecular formula is C14H17ClO2S2. The summed E-state index contributed by atoms with van der Waals surface area (Å²) in [5, 5.41) is 0.633. The lowest BCUT2D eigenvalue weighted by Crippen LogP contribution is -2.44. The van der Waals surface area contributed by atoms with E-state index in [-0.39, 0.29) is 5.78 Å². The summed E-state index contributed by atoms with van der Waals surface area (Å²) in [7, 11) is -1.07. The first-order valence-electron chi connectivity index (χ1n) is 6.38. The third-order valence-corrected chi connectivity index (χ3v) is 7.85. The highest BCUT2D eigenvalue weighted by atomic mass is 35.5. The Bertz CT molecular complexity index is 504. The van der Waals surface area contributed by atoms with E-state index < -0.39 is 14.9 Å². The molecule has 2 nitrogen and oxygen atoms in total. The van der Waals surface area contributed by atoms with Gasteiger partial charge in [-0.15, -0.1) is 11.8 Å². The fourth-order valence-electron chi connectivity index (χ4n) is 2.29. The van der Waals surface area contributed by atoms with Crippen molar-refractivity contribution < 1.29 is 9.00 Å². The van der Waals surface area contributed by atoms with Crippen molar-refractivity contribution in [3.63, 3.8) is 0 Å². The van der Waals surface area contributed by atoms with Gasteiger partial charge in [-0.2, -0.15) is 0 Å². The number of hydrogen-bond donors (Lipinski definition) is 0. The normalized spacial score (nSPS) is 27.2. The summed E-state index contributed by atoms with van der Waals surface area (Å²) in [6, 6.07) is 7.33. The molecule has 1 aliphatic heterocycles. The van der Waals surface area contributed by atoms with Crippen molar-refractivity contribution in [2.75, 3.05) is 11.5 Å². The maximum atomic E-state index is 12.6. The highest BCUT2D eigenvalue weighted by molar-refractivity contribution is 8.14. The number of benzene rings is 1. The van der Waals surface area contributed by atoms with Gasteiger partial charge in [0.05, 0.1) is 0 Å². The zero-order chi connectivity index (χ0) is 13.9. The van der Waals surface area contributed by atoms with E-state index in [1.54, 1.807) is 23.9 Å². The monoisotopic (exact) mass is 316 g/mol. The van der Waals surface area contributed by atoms with Gasteiger partial charge in [-0.25, -0.2) is 0 Å². The average Bonchev–Trinajstić information content (AvgIpc) is 2.39. The van der Waals surface area contributed by atoms with Gasteiger partial charge in [-0.3, -0.25) is 9.00 Å². The van der Waals surface area contributed by atoms with Crippen LogP contribution in [0.3, 0.4) is 0 Å². The fourth-order valence-corrected chi connectivity index (χ4v) is 6.15. The van der Waals surface area contributed by atoms with Crippen LogP contribution in [-0.2, 0) is 22.0 Å². The number of rotatable bonds is 4. The van der Waals surface area contributed by atoms with Crippen LogP contribution in [0.4, 0.5) is 0 Å². The van der Waals surface area contributed by atoms with Crippen LogP contribution in [-0.4, -0.2) is 25.6 Å². The Morgan fingerprint density at radius 3 is 2.95 bits per heavy atom. The number of ketones is 1. The largest absolute Gasteiger partial charge is 0.297 e. The molecule has 1 saturated heterocycles. The second kappa shape index (κ2) is 6.42. The number of carbonyl (C=O) groups excluding carboxylic acids is 1. The molecule has 1 unspecified atom stereocenters. The number of thioether (sulfide) groups is 1. The first-order valence-corrected chi connectivity index (χ1v) is 9.07. The van der Waals surface area contributed by atoms with Crippen LogP contribution in [0.1, 0.15) is 25.3 Å². The zero-order valence-corrected chi connectivity index (χ0v) is 13.2. The topological polar surface area (TPSA) is 34.1 Å². The highest BCUT2D eigenvalue weighted by Gasteiger charge is 2.44. The van der Waals surface area contributed by atoms with E-state index in [9.17, 15) is 9.00 Å². The molecule has 19 heavy (non-hydrogen) atoms. The third kappa shape index (κ3) is 3.23. The predicted octanol–water partition coefficient (Wildman–Crippen LogP) is 3.44. The lowest BCUT2D eigenvalue weighted by Gasteiger charge is -2.33. The minimum atomic E-state index is -1.07. The van der Waals surface area contributed by atoms with Gasteiger partial charge in [0.1, 0.15) is 4.08 Å². The zero-order valence-electron chi connectivity index (χ0n) is 10.9. The molecule has 1 heterocycles. The van der Waals surface area contributed by atoms with E-state index in [2.05, 4.69) is 0 Å². The highest BCUT2D eigenvalue weighted by Crippen LogP contribution is 2.39. The van der Waals surface area contributed by atoms with E-state index >= 15 is 0 Å². The summed E-state index contributed by atoms with van der Waals surface area (Å²) in [6.45, 7) is 1.95. The van der Waals surface area contributed by atoms with E-state index in [1.807, 2.05) is 19.1 Å². The summed E-state index contributed by atoms with van der Waals surface area (Å²) in [5.41, 5.74) is 0.897. The van der Waals surface area contributed by atoms with Crippen molar-refractivity contribution in [2.45, 2.75) is 30.3 Å². The molecule has 0 N–H and O–H groups in total. The van der Waals surface area contributed by atoms with Crippen LogP contribution in [0.2, 0.25) is 5.02 Å². The predicted molar refractivity (Wildman–Crippen MR) is 83.3 cm³/mol. The van der Waals surface area contributed by atoms with Crippen LogP contribution >= 0.6 is 23.4 Å². The van der Waals surface area contributed by atoms with Crippen molar-refractivity contribution in [2.24, 2.45) is 0 Å². The van der Waals surface area contributed by atoms with Crippen molar-refractivity contribution in [1.29, 1.82) is 0 Å². The number of hydrogen-bond acceptors (Lipinski definition) is 3. The number of carbonyl (C=O) groups is 1. The minimum absolute atomic E-state index is 0.0697. The quantitative estimate of drug-likeness (QED) is 0.853. The second-order valence-electron chi connectivity index (χ2n) is 4.59. The molecule has 104 valence electrons. The van der Waals surface area contributed by atoms with Gasteiger partial charge in [0.2, 0.25) is 0 Å². The van der Waals surface area contributed by atoms with Crippen LogP contribution in [0.5, 0.6) is 0 Å². The first-order chi connectivity index (χ1) is 9.08. The number of halogens is 1. The van der Waals surface area contributed by atoms with E-state index in [1.165, 1.54) is 0 Å². The second-order valence-corrected chi connectivity index (χ2v) is 8.47. The molecule has 2 atom stereocenters. The Labute approximate surface area is 125 Å². The summed E-state index contributed by atoms with van der Waals surface area (Å²) >= 11 is 7.50. The van der Waals surface area contributed by atoms with Crippen molar-refractivity contribution in [3.05, 3.63) is 34.9 Å². The summed E-state index contributed by atoms with van der Waals surface area (Å²) in [4.78, 5) is 12.6. The summed E-state index contributed by atoms with van der Waals surface area (Å²) in [6.07, 6.45) is 1.88. The third-order valence-electron chi connectivity index (χ3n) is 3.32. The summed E-state index contributed by atoms with van der Waals surface area (Å²) < 4.78 is 11.6. The molecule has 2 rings (SSSR count). The molecule has 0 aliphatic carbocycles. The molecule has 1 aromatic carbocycles. The lowest BCUT2D eigenvalue weighted by molar-refractivity contribution is -0.118. The summed E-state index contributed by atoms with van der Waals surface area (Å²) in [5.74, 6) is 1.63. The molecule has 1 aliphatic rings. The Morgan fingerprint density at radius 1 is 1.53 bits per heavy atom. The average molecular weight is 317 g/mol. The lowest BCUT2D eigenvalue weighted by atomic mass is 10.1. The van der Waals surface area contributed by atoms with Gasteiger partial charge in [-0.1, -0.05) is 30.7 Å². The molecule has 1 aromatic rings. The van der Waals surface area contributed by atoms with Gasteiger partial charge in [0.25, 0.3) is 0 Å². The van der Waals surface area contributed by atoms with Crippen LogP contribution in [0.25, 0.3) is 0 Å². The Hall–Kier alpha value is -0.320. The molecular weight excluding hydrogens is 300 g/mol. The minimum Gasteiger partial charge on any atom is -0.297 e. The molecule has 0 amide bonds. The molecule has 0 aromatic heterocycles. The van der Waals surface area contributed by atoms with Gasteiger partial charge >= 0.3 is 0 Å². The van der Waals surface area contributed by atoms with Gasteiger partial charge in [-0.05, 0) is 36.3 Å². The maximum absolute atomic E-state index is 12.6. The van der Waals surface area contributed by atoms with Gasteiger partial charge < -0.3 is 0 Å². The molecule has 1 fully saturated rings. The van der Waals surface area contributed by atoms with E-state index in [4.69, 9.17) is 11.6 Å². The Kier molecular flexibility index (Phi) is 5.09. The van der Waals surface area contributed by atoms with Crippen LogP contribution in [0.15, 0.2) is 24.3 Å². The van der Waals surface area contributed by atoms with Gasteiger partial charge in [0, 0.05) is 28.0 Å². The van der Waals surface area contributed by atoms with Crippen LogP contribution in [0, 0.1) is 0 Å². The van der Waals surface area contributed by atoms with Crippen molar-refractivity contribution in [3.8, 4) is 0 Å². The Morgan fingerprint density at radius 2 is 2.32 bits per heavy atom. The SMILES string of the molecule is CC[C@@]1(C(=O)Cc2cccc(Cl)c2)SCCCS1=O. The smallest absolute Gasteiger partial charge is 0.165 e. The van der Waals surface area contributed by atoms with Crippen LogP contribution < -0.4 is 0 Å². The first kappa shape index (κ1) is 15.1. The number of Topliss-reactive ketones (excluding diaryl/α,β-unsaturated/α-hetero) is 1. The Balaban J connectivity index is 2.19. The van der Waals surface area contributed by atoms with E-state index in [0.29, 0.717) is 23.6 Å². The standard InChI is InChI=1S/C14H17ClO2S2/c1-2-14(18-7-4-8-19(14)17)13(16)10-11-5-3-6-12(15)9-11/h3,5-6,9H,2,4,7-8,10H2,1H3/t14-,19?/m1/s1. The fraction of sp³-hybridized carbons (Fsp3) is 0.500. The molecule has 0 spiro atoms. The molecule has 5 heteroatoms. The molecule has 0 radical (unpaired) electrons. The van der Waals surface area contributed by atoms with E-state index in [0.717, 1.165) is 17.7 Å². The van der Waals surface area contributed by atoms with Crippen molar-refractivity contribution in [1.82, 2.24) is 0 Å². The molecule has 0 bridgehead atoms. The molecule has 0 saturated carbocycles. The van der Waals surface area contributed by atoms with Crippen molar-refractivity contribution >= 4 is 39.9 Å². The maximum Gasteiger partial charge on any atom is 0.165 e.